The zero-order valence-electron chi connectivity index (χ0n) is 9.59. The van der Waals surface area contributed by atoms with Crippen LogP contribution in [0.2, 0.25) is 0 Å². The normalized spacial score (nSPS) is 9.94. The van der Waals surface area contributed by atoms with E-state index in [0.717, 1.165) is 17.4 Å². The summed E-state index contributed by atoms with van der Waals surface area (Å²) in [6, 6.07) is 9.31. The number of nitrogens with zero attached hydrogens (tertiary/aromatic N) is 1. The molecular weight excluding hydrogens is 214 g/mol. The van der Waals surface area contributed by atoms with Crippen molar-refractivity contribution in [3.8, 4) is 5.75 Å². The minimum Gasteiger partial charge on any atom is -0.488 e. The maximum absolute atomic E-state index is 10.9. The van der Waals surface area contributed by atoms with Crippen molar-refractivity contribution in [3.05, 3.63) is 59.4 Å². The Hall–Kier alpha value is -2.16. The number of carbonyl (C=O) groups is 1. The monoisotopic (exact) mass is 227 g/mol. The van der Waals surface area contributed by atoms with Crippen LogP contribution >= 0.6 is 0 Å². The van der Waals surface area contributed by atoms with Gasteiger partial charge in [0, 0.05) is 18.0 Å². The third-order valence-electron chi connectivity index (χ3n) is 2.48. The molecule has 2 aromatic rings. The minimum atomic E-state index is 0.416. The van der Waals surface area contributed by atoms with E-state index in [0.29, 0.717) is 17.9 Å². The summed E-state index contributed by atoms with van der Waals surface area (Å²) in [5, 5.41) is 0. The van der Waals surface area contributed by atoms with Crippen LogP contribution < -0.4 is 4.74 Å². The molecule has 17 heavy (non-hydrogen) atoms. The highest BCUT2D eigenvalue weighted by atomic mass is 16.5. The largest absolute Gasteiger partial charge is 0.488 e. The van der Waals surface area contributed by atoms with Gasteiger partial charge in [-0.05, 0) is 24.6 Å². The second-order valence-corrected chi connectivity index (χ2v) is 3.76. The first-order valence-corrected chi connectivity index (χ1v) is 5.38. The van der Waals surface area contributed by atoms with Gasteiger partial charge in [-0.3, -0.25) is 9.78 Å². The number of pyridine rings is 1. The van der Waals surface area contributed by atoms with Gasteiger partial charge >= 0.3 is 0 Å². The zero-order valence-corrected chi connectivity index (χ0v) is 9.59. The van der Waals surface area contributed by atoms with E-state index in [1.165, 1.54) is 0 Å². The van der Waals surface area contributed by atoms with E-state index in [1.54, 1.807) is 18.5 Å². The van der Waals surface area contributed by atoms with E-state index in [9.17, 15) is 4.79 Å². The van der Waals surface area contributed by atoms with Crippen LogP contribution in [0, 0.1) is 6.92 Å². The van der Waals surface area contributed by atoms with Crippen molar-refractivity contribution in [2.45, 2.75) is 13.5 Å². The fraction of sp³-hybridized carbons (Fsp3) is 0.143. The lowest BCUT2D eigenvalue weighted by Crippen LogP contribution is -2.00. The highest BCUT2D eigenvalue weighted by Gasteiger charge is 2.06. The number of aryl methyl sites for hydroxylation is 1. The molecule has 86 valence electrons. The molecule has 0 aliphatic rings. The van der Waals surface area contributed by atoms with Crippen molar-refractivity contribution >= 4 is 6.29 Å². The first-order valence-electron chi connectivity index (χ1n) is 5.38. The summed E-state index contributed by atoms with van der Waals surface area (Å²) in [5.41, 5.74) is 2.51. The topological polar surface area (TPSA) is 39.2 Å². The molecule has 2 rings (SSSR count). The number of benzene rings is 1. The molecule has 1 heterocycles. The van der Waals surface area contributed by atoms with Crippen LogP contribution in [0.5, 0.6) is 5.75 Å². The average Bonchev–Trinajstić information content (AvgIpc) is 2.38. The highest BCUT2D eigenvalue weighted by Crippen LogP contribution is 2.22. The number of carbonyl (C=O) groups excluding carboxylic acids is 1. The molecule has 3 nitrogen and oxygen atoms in total. The smallest absolute Gasteiger partial charge is 0.153 e. The van der Waals surface area contributed by atoms with Crippen LogP contribution in [0.1, 0.15) is 21.5 Å². The van der Waals surface area contributed by atoms with Crippen molar-refractivity contribution < 1.29 is 9.53 Å². The van der Waals surface area contributed by atoms with Crippen molar-refractivity contribution in [1.82, 2.24) is 4.98 Å². The fourth-order valence-electron chi connectivity index (χ4n) is 1.60. The summed E-state index contributed by atoms with van der Waals surface area (Å²) < 4.78 is 5.67. The Bertz CT molecular complexity index is 509. The minimum absolute atomic E-state index is 0.416. The molecule has 0 saturated heterocycles. The van der Waals surface area contributed by atoms with Gasteiger partial charge < -0.3 is 4.74 Å². The van der Waals surface area contributed by atoms with E-state index >= 15 is 0 Å². The van der Waals surface area contributed by atoms with Gasteiger partial charge in [-0.25, -0.2) is 0 Å². The quantitative estimate of drug-likeness (QED) is 0.754. The Morgan fingerprint density at radius 1 is 1.29 bits per heavy atom. The second kappa shape index (κ2) is 5.25. The number of aromatic nitrogens is 1. The molecule has 0 atom stereocenters. The average molecular weight is 227 g/mol. The fourth-order valence-corrected chi connectivity index (χ4v) is 1.60. The lowest BCUT2D eigenvalue weighted by atomic mass is 10.1. The van der Waals surface area contributed by atoms with E-state index in [-0.39, 0.29) is 0 Å². The first kappa shape index (κ1) is 11.3. The maximum Gasteiger partial charge on any atom is 0.153 e. The number of hydrogen-bond acceptors (Lipinski definition) is 3. The van der Waals surface area contributed by atoms with Crippen molar-refractivity contribution in [2.24, 2.45) is 0 Å². The summed E-state index contributed by atoms with van der Waals surface area (Å²) in [5.74, 6) is 0.645. The third-order valence-corrected chi connectivity index (χ3v) is 2.48. The lowest BCUT2D eigenvalue weighted by molar-refractivity contribution is 0.111. The van der Waals surface area contributed by atoms with E-state index < -0.39 is 0 Å². The molecule has 0 unspecified atom stereocenters. The van der Waals surface area contributed by atoms with Crippen LogP contribution in [0.4, 0.5) is 0 Å². The molecule has 3 heteroatoms. The number of para-hydroxylation sites is 1. The van der Waals surface area contributed by atoms with E-state index in [1.807, 2.05) is 31.2 Å². The van der Waals surface area contributed by atoms with Crippen LogP contribution in [0.3, 0.4) is 0 Å². The molecule has 0 fully saturated rings. The summed E-state index contributed by atoms with van der Waals surface area (Å²) in [6.07, 6.45) is 4.28. The van der Waals surface area contributed by atoms with Gasteiger partial charge in [0.2, 0.25) is 0 Å². The Morgan fingerprint density at radius 3 is 2.88 bits per heavy atom. The zero-order chi connectivity index (χ0) is 12.1. The number of ether oxygens (including phenoxy) is 1. The first-order chi connectivity index (χ1) is 8.31. The second-order valence-electron chi connectivity index (χ2n) is 3.76. The summed E-state index contributed by atoms with van der Waals surface area (Å²) in [7, 11) is 0. The third kappa shape index (κ3) is 2.69. The molecule has 1 aromatic carbocycles. The van der Waals surface area contributed by atoms with Gasteiger partial charge in [0.25, 0.3) is 0 Å². The van der Waals surface area contributed by atoms with E-state index in [4.69, 9.17) is 4.74 Å². The van der Waals surface area contributed by atoms with Gasteiger partial charge in [-0.15, -0.1) is 0 Å². The van der Waals surface area contributed by atoms with Crippen LogP contribution in [-0.2, 0) is 6.61 Å². The Balaban J connectivity index is 2.16. The Morgan fingerprint density at radius 2 is 2.18 bits per heavy atom. The van der Waals surface area contributed by atoms with Crippen molar-refractivity contribution in [2.75, 3.05) is 0 Å². The van der Waals surface area contributed by atoms with Crippen molar-refractivity contribution in [1.29, 1.82) is 0 Å². The Kier molecular flexibility index (Phi) is 3.50. The molecular formula is C14H13NO2. The molecule has 0 bridgehead atoms. The predicted octanol–water partition coefficient (Wildman–Crippen LogP) is 2.78. The van der Waals surface area contributed by atoms with Crippen LogP contribution in [0.25, 0.3) is 0 Å². The summed E-state index contributed by atoms with van der Waals surface area (Å²) in [6.45, 7) is 2.34. The maximum atomic E-state index is 10.9. The molecule has 0 N–H and O–H groups in total. The van der Waals surface area contributed by atoms with Gasteiger partial charge in [-0.1, -0.05) is 18.2 Å². The predicted molar refractivity (Wildman–Crippen MR) is 65.1 cm³/mol. The van der Waals surface area contributed by atoms with Gasteiger partial charge in [0.05, 0.1) is 5.56 Å². The van der Waals surface area contributed by atoms with Gasteiger partial charge in [0.15, 0.2) is 6.29 Å². The van der Waals surface area contributed by atoms with Gasteiger partial charge in [0.1, 0.15) is 12.4 Å². The molecule has 0 saturated carbocycles. The number of hydrogen-bond donors (Lipinski definition) is 0. The summed E-state index contributed by atoms with van der Waals surface area (Å²) in [4.78, 5) is 14.9. The van der Waals surface area contributed by atoms with Crippen LogP contribution in [0.15, 0.2) is 42.7 Å². The molecule has 0 amide bonds. The van der Waals surface area contributed by atoms with Crippen LogP contribution in [-0.4, -0.2) is 11.3 Å². The SMILES string of the molecule is Cc1cccc(C=O)c1OCc1cccnc1. The molecule has 0 aliphatic heterocycles. The molecule has 1 aromatic heterocycles. The molecule has 0 spiro atoms. The van der Waals surface area contributed by atoms with Crippen molar-refractivity contribution in [3.63, 3.8) is 0 Å². The molecule has 0 aliphatic carbocycles. The number of rotatable bonds is 4. The number of aldehydes is 1. The molecule has 0 radical (unpaired) electrons. The van der Waals surface area contributed by atoms with E-state index in [2.05, 4.69) is 4.98 Å². The standard InChI is InChI=1S/C14H13NO2/c1-11-4-2-6-13(9-16)14(11)17-10-12-5-3-7-15-8-12/h2-9H,10H2,1H3. The van der Waals surface area contributed by atoms with Gasteiger partial charge in [-0.2, -0.15) is 0 Å². The summed E-state index contributed by atoms with van der Waals surface area (Å²) >= 11 is 0. The lowest BCUT2D eigenvalue weighted by Gasteiger charge is -2.10. The Labute approximate surface area is 100 Å². The highest BCUT2D eigenvalue weighted by molar-refractivity contribution is 5.80.